The molecule has 0 aromatic heterocycles. The maximum atomic E-state index is 4.36. The van der Waals surface area contributed by atoms with E-state index in [1.165, 1.54) is 0 Å². The minimum absolute atomic E-state index is 0.0281. The van der Waals surface area contributed by atoms with Crippen LogP contribution < -0.4 is 0 Å². The van der Waals surface area contributed by atoms with Crippen molar-refractivity contribution in [3.8, 4) is 0 Å². The van der Waals surface area contributed by atoms with Crippen LogP contribution in [-0.2, 0) is 0 Å². The van der Waals surface area contributed by atoms with Crippen LogP contribution in [0.15, 0.2) is 4.99 Å². The second kappa shape index (κ2) is 3.04. The van der Waals surface area contributed by atoms with Gasteiger partial charge >= 0.3 is 0 Å². The number of hydrogen-bond acceptors (Lipinski definition) is 1. The zero-order valence-corrected chi connectivity index (χ0v) is 8.99. The van der Waals surface area contributed by atoms with Crippen LogP contribution in [0, 0.1) is 0 Å². The third-order valence-corrected chi connectivity index (χ3v) is 0.964. The molecule has 0 spiro atoms. The predicted octanol–water partition coefficient (Wildman–Crippen LogP) is 3.03. The summed E-state index contributed by atoms with van der Waals surface area (Å²) in [6, 6.07) is 0. The van der Waals surface area contributed by atoms with Crippen molar-refractivity contribution in [1.82, 2.24) is 0 Å². The molecule has 0 atom stereocenters. The summed E-state index contributed by atoms with van der Waals surface area (Å²) in [5.41, 5.74) is 0.0467. The lowest BCUT2D eigenvalue weighted by molar-refractivity contribution is 0.583. The topological polar surface area (TPSA) is 12.4 Å². The van der Waals surface area contributed by atoms with Gasteiger partial charge in [0.05, 0.1) is 9.86 Å². The Morgan fingerprint density at radius 3 is 1.60 bits per heavy atom. The largest absolute Gasteiger partial charge is 0.290 e. The van der Waals surface area contributed by atoms with Gasteiger partial charge in [0, 0.05) is 6.21 Å². The van der Waals surface area contributed by atoms with Gasteiger partial charge in [-0.25, -0.2) is 0 Å². The molecule has 0 fully saturated rings. The van der Waals surface area contributed by atoms with Crippen LogP contribution in [0.5, 0.6) is 0 Å². The molecule has 0 aliphatic carbocycles. The molecule has 0 saturated carbocycles. The molecule has 0 bridgehead atoms. The molecule has 0 rings (SSSR count). The summed E-state index contributed by atoms with van der Waals surface area (Å²) in [5, 5.41) is 0. The van der Waals surface area contributed by atoms with Crippen molar-refractivity contribution in [2.24, 2.45) is 4.99 Å². The Balaban J connectivity index is 4.01. The number of nitrogens with zero attached hydrogens (tertiary/aromatic N) is 1. The van der Waals surface area contributed by atoms with Crippen molar-refractivity contribution in [3.63, 3.8) is 0 Å². The monoisotopic (exact) mass is 205 g/mol. The third-order valence-electron chi connectivity index (χ3n) is 0.759. The second-order valence-corrected chi connectivity index (χ2v) is 6.04. The highest BCUT2D eigenvalue weighted by molar-refractivity contribution is 9.10. The number of rotatable bonds is 1. The average Bonchev–Trinajstić information content (AvgIpc) is 1.57. The Hall–Kier alpha value is 0.150. The van der Waals surface area contributed by atoms with E-state index in [0.717, 1.165) is 0 Å². The number of aliphatic imine (C=N–C) groups is 1. The molecule has 0 aliphatic heterocycles. The van der Waals surface area contributed by atoms with Gasteiger partial charge in [0.2, 0.25) is 0 Å². The molecule has 0 unspecified atom stereocenters. The molecule has 0 amide bonds. The lowest BCUT2D eigenvalue weighted by Gasteiger charge is -2.15. The number of hydrogen-bond donors (Lipinski definition) is 0. The summed E-state index contributed by atoms with van der Waals surface area (Å²) in [7, 11) is 0. The van der Waals surface area contributed by atoms with Crippen molar-refractivity contribution in [1.29, 1.82) is 0 Å². The van der Waals surface area contributed by atoms with Gasteiger partial charge in [-0.05, 0) is 34.6 Å². The van der Waals surface area contributed by atoms with E-state index in [9.17, 15) is 0 Å². The third kappa shape index (κ3) is 8.15. The van der Waals surface area contributed by atoms with Gasteiger partial charge in [0.25, 0.3) is 0 Å². The molecule has 2 heteroatoms. The zero-order chi connectivity index (χ0) is 8.41. The van der Waals surface area contributed by atoms with Crippen molar-refractivity contribution in [3.05, 3.63) is 0 Å². The quantitative estimate of drug-likeness (QED) is 0.462. The molecule has 0 N–H and O–H groups in total. The van der Waals surface area contributed by atoms with Crippen LogP contribution >= 0.6 is 15.9 Å². The Labute approximate surface area is 72.1 Å². The van der Waals surface area contributed by atoms with E-state index in [2.05, 4.69) is 55.5 Å². The van der Waals surface area contributed by atoms with Gasteiger partial charge in [0.1, 0.15) is 0 Å². The molecule has 0 heterocycles. The first kappa shape index (κ1) is 10.2. The smallest absolute Gasteiger partial charge is 0.0548 e. The highest BCUT2D eigenvalue weighted by Crippen LogP contribution is 2.14. The zero-order valence-electron chi connectivity index (χ0n) is 7.40. The summed E-state index contributed by atoms with van der Waals surface area (Å²) in [5.74, 6) is 0. The van der Waals surface area contributed by atoms with Crippen LogP contribution in [0.3, 0.4) is 0 Å². The first-order valence-corrected chi connectivity index (χ1v) is 4.25. The van der Waals surface area contributed by atoms with Crippen LogP contribution in [0.25, 0.3) is 0 Å². The predicted molar refractivity (Wildman–Crippen MR) is 51.3 cm³/mol. The minimum Gasteiger partial charge on any atom is -0.290 e. The van der Waals surface area contributed by atoms with Gasteiger partial charge in [-0.1, -0.05) is 15.9 Å². The Kier molecular flexibility index (Phi) is 3.08. The summed E-state index contributed by atoms with van der Waals surface area (Å²) >= 11 is 3.48. The molecule has 0 aliphatic rings. The molecule has 60 valence electrons. The molecule has 0 aromatic carbocycles. The van der Waals surface area contributed by atoms with Crippen molar-refractivity contribution in [2.45, 2.75) is 44.5 Å². The normalized spacial score (nSPS) is 14.6. The lowest BCUT2D eigenvalue weighted by atomic mass is 10.1. The maximum Gasteiger partial charge on any atom is 0.0548 e. The molecule has 0 radical (unpaired) electrons. The summed E-state index contributed by atoms with van der Waals surface area (Å²) < 4.78 is 0.0281. The van der Waals surface area contributed by atoms with E-state index in [4.69, 9.17) is 0 Å². The van der Waals surface area contributed by atoms with Crippen molar-refractivity contribution >= 4 is 22.1 Å². The van der Waals surface area contributed by atoms with E-state index < -0.39 is 0 Å². The molecule has 0 saturated heterocycles. The molecular formula is C8H16BrN. The second-order valence-electron chi connectivity index (χ2n) is 3.99. The van der Waals surface area contributed by atoms with Gasteiger partial charge in [-0.2, -0.15) is 0 Å². The van der Waals surface area contributed by atoms with Crippen LogP contribution in [0.2, 0.25) is 0 Å². The van der Waals surface area contributed by atoms with Crippen LogP contribution in [0.1, 0.15) is 34.6 Å². The summed E-state index contributed by atoms with van der Waals surface area (Å²) in [6.45, 7) is 10.4. The van der Waals surface area contributed by atoms with Gasteiger partial charge in [-0.3, -0.25) is 4.99 Å². The highest BCUT2D eigenvalue weighted by atomic mass is 79.9. The number of alkyl halides is 1. The van der Waals surface area contributed by atoms with Gasteiger partial charge < -0.3 is 0 Å². The Morgan fingerprint density at radius 2 is 1.50 bits per heavy atom. The first-order chi connectivity index (χ1) is 4.21. The van der Waals surface area contributed by atoms with Gasteiger partial charge in [-0.15, -0.1) is 0 Å². The van der Waals surface area contributed by atoms with Crippen LogP contribution in [-0.4, -0.2) is 16.1 Å². The highest BCUT2D eigenvalue weighted by Gasteiger charge is 2.11. The Bertz CT molecular complexity index is 109. The van der Waals surface area contributed by atoms with Crippen molar-refractivity contribution in [2.75, 3.05) is 0 Å². The van der Waals surface area contributed by atoms with E-state index >= 15 is 0 Å². The summed E-state index contributed by atoms with van der Waals surface area (Å²) in [4.78, 5) is 4.36. The van der Waals surface area contributed by atoms with E-state index in [-0.39, 0.29) is 9.86 Å². The van der Waals surface area contributed by atoms with E-state index in [0.29, 0.717) is 0 Å². The fourth-order valence-corrected chi connectivity index (χ4v) is 0.450. The number of halogens is 1. The SMILES string of the molecule is CC(C)(Br)C=NC(C)(C)C. The first-order valence-electron chi connectivity index (χ1n) is 3.46. The minimum atomic E-state index is 0.0281. The average molecular weight is 206 g/mol. The fourth-order valence-electron chi connectivity index (χ4n) is 0.347. The fraction of sp³-hybridized carbons (Fsp3) is 0.875. The molecule has 0 aromatic rings. The lowest BCUT2D eigenvalue weighted by Crippen LogP contribution is -2.17. The van der Waals surface area contributed by atoms with Crippen LogP contribution in [0.4, 0.5) is 0 Å². The summed E-state index contributed by atoms with van der Waals surface area (Å²) in [6.07, 6.45) is 1.94. The Morgan fingerprint density at radius 1 is 1.10 bits per heavy atom. The van der Waals surface area contributed by atoms with E-state index in [1.54, 1.807) is 0 Å². The molecular weight excluding hydrogens is 190 g/mol. The van der Waals surface area contributed by atoms with E-state index in [1.807, 2.05) is 6.21 Å². The molecule has 10 heavy (non-hydrogen) atoms. The maximum absolute atomic E-state index is 4.36. The van der Waals surface area contributed by atoms with Gasteiger partial charge in [0.15, 0.2) is 0 Å². The standard InChI is InChI=1S/C8H16BrN/c1-7(2,3)10-6-8(4,5)9/h6H,1-5H3. The molecule has 1 nitrogen and oxygen atoms in total. The van der Waals surface area contributed by atoms with Crippen molar-refractivity contribution < 1.29 is 0 Å².